The van der Waals surface area contributed by atoms with Crippen molar-refractivity contribution >= 4 is 28.8 Å². The fourth-order valence-corrected chi connectivity index (χ4v) is 6.79. The molecule has 10 heteroatoms. The number of nitrogens with zero attached hydrogens (tertiary/aromatic N) is 1. The molecule has 1 amide bonds. The van der Waals surface area contributed by atoms with Crippen LogP contribution in [0.2, 0.25) is 0 Å². The first-order chi connectivity index (χ1) is 17.3. The van der Waals surface area contributed by atoms with Crippen LogP contribution >= 0.6 is 0 Å². The highest BCUT2D eigenvalue weighted by Gasteiger charge is 2.68. The normalized spacial score (nSPS) is 33.4. The third-order valence-corrected chi connectivity index (χ3v) is 8.52. The Hall–Kier alpha value is -3.47. The van der Waals surface area contributed by atoms with Crippen LogP contribution in [0.1, 0.15) is 48.8 Å². The smallest absolute Gasteiger partial charge is 0.255 e. The molecule has 0 aromatic heterocycles. The third-order valence-electron chi connectivity index (χ3n) is 8.52. The van der Waals surface area contributed by atoms with E-state index in [-0.39, 0.29) is 16.9 Å². The maximum absolute atomic E-state index is 14.0. The zero-order chi connectivity index (χ0) is 27.1. The second-order valence-electron chi connectivity index (χ2n) is 10.6. The number of aromatic hydroxyl groups is 1. The van der Waals surface area contributed by atoms with E-state index in [4.69, 9.17) is 5.73 Å². The van der Waals surface area contributed by atoms with E-state index in [1.165, 1.54) is 19.0 Å². The number of fused-ring (bicyclic) bond motifs is 3. The summed E-state index contributed by atoms with van der Waals surface area (Å²) < 4.78 is 0. The van der Waals surface area contributed by atoms with E-state index in [1.807, 2.05) is 6.08 Å². The van der Waals surface area contributed by atoms with Crippen molar-refractivity contribution in [1.82, 2.24) is 4.90 Å². The average Bonchev–Trinajstić information content (AvgIpc) is 3.35. The molecular weight excluding hydrogens is 480 g/mol. The van der Waals surface area contributed by atoms with Gasteiger partial charge in [-0.2, -0.15) is 0 Å². The maximum Gasteiger partial charge on any atom is 0.255 e. The van der Waals surface area contributed by atoms with Crippen molar-refractivity contribution in [2.45, 2.75) is 49.9 Å². The van der Waals surface area contributed by atoms with Crippen molar-refractivity contribution in [2.75, 3.05) is 14.1 Å². The molecule has 1 saturated carbocycles. The number of rotatable bonds is 3. The number of phenolic OH excluding ortho intramolecular Hbond substituents is 1. The van der Waals surface area contributed by atoms with Crippen molar-refractivity contribution in [1.29, 1.82) is 0 Å². The third kappa shape index (κ3) is 3.12. The minimum Gasteiger partial charge on any atom is -0.508 e. The van der Waals surface area contributed by atoms with Gasteiger partial charge in [0.25, 0.3) is 5.91 Å². The monoisotopic (exact) mass is 510 g/mol. The van der Waals surface area contributed by atoms with Gasteiger partial charge >= 0.3 is 0 Å². The first-order valence-corrected chi connectivity index (χ1v) is 12.2. The van der Waals surface area contributed by atoms with Crippen LogP contribution in [0.15, 0.2) is 35.1 Å². The number of hydrogen-bond donors (Lipinski definition) is 6. The van der Waals surface area contributed by atoms with Crippen LogP contribution in [0.3, 0.4) is 0 Å². The molecule has 0 aliphatic heterocycles. The van der Waals surface area contributed by atoms with Crippen molar-refractivity contribution in [3.8, 4) is 5.75 Å². The molecule has 0 radical (unpaired) electrons. The van der Waals surface area contributed by atoms with E-state index in [0.29, 0.717) is 11.1 Å². The summed E-state index contributed by atoms with van der Waals surface area (Å²) in [4.78, 5) is 40.6. The molecule has 37 heavy (non-hydrogen) atoms. The van der Waals surface area contributed by atoms with Crippen molar-refractivity contribution in [2.24, 2.45) is 17.6 Å². The summed E-state index contributed by atoms with van der Waals surface area (Å²) in [6.45, 7) is 1.71. The summed E-state index contributed by atoms with van der Waals surface area (Å²) in [5.74, 6) is -8.77. The second-order valence-corrected chi connectivity index (χ2v) is 10.6. The molecule has 0 bridgehead atoms. The molecule has 0 spiro atoms. The number of carbonyl (C=O) groups is 3. The Morgan fingerprint density at radius 3 is 2.41 bits per heavy atom. The lowest BCUT2D eigenvalue weighted by Crippen LogP contribution is -2.70. The van der Waals surface area contributed by atoms with Gasteiger partial charge in [-0.05, 0) is 50.4 Å². The average molecular weight is 511 g/mol. The molecule has 4 aliphatic rings. The summed E-state index contributed by atoms with van der Waals surface area (Å²) in [5.41, 5.74) is 3.03. The highest BCUT2D eigenvalue weighted by Crippen LogP contribution is 2.56. The molecule has 5 rings (SSSR count). The minimum absolute atomic E-state index is 0.0151. The summed E-state index contributed by atoms with van der Waals surface area (Å²) in [6, 6.07) is 2.11. The van der Waals surface area contributed by atoms with Crippen LogP contribution < -0.4 is 5.73 Å². The molecule has 1 fully saturated rings. The summed E-state index contributed by atoms with van der Waals surface area (Å²) in [5, 5.41) is 56.9. The van der Waals surface area contributed by atoms with Gasteiger partial charge in [0.15, 0.2) is 11.4 Å². The second kappa shape index (κ2) is 8.27. The lowest BCUT2D eigenvalue weighted by molar-refractivity contribution is -0.169. The Morgan fingerprint density at radius 1 is 1.16 bits per heavy atom. The molecule has 196 valence electrons. The molecule has 4 aliphatic carbocycles. The molecule has 1 aromatic rings. The van der Waals surface area contributed by atoms with E-state index in [1.54, 1.807) is 19.1 Å². The number of hydrogen-bond acceptors (Lipinski definition) is 9. The predicted octanol–water partition coefficient (Wildman–Crippen LogP) is 1.06. The first kappa shape index (κ1) is 25.2. The van der Waals surface area contributed by atoms with E-state index in [2.05, 4.69) is 0 Å². The van der Waals surface area contributed by atoms with E-state index >= 15 is 0 Å². The molecule has 7 N–H and O–H groups in total. The first-order valence-electron chi connectivity index (χ1n) is 12.2. The fourth-order valence-electron chi connectivity index (χ4n) is 6.79. The van der Waals surface area contributed by atoms with Gasteiger partial charge in [0.1, 0.15) is 22.8 Å². The lowest BCUT2D eigenvalue weighted by atomic mass is 9.54. The number of allylic oxidation sites excluding steroid dienone is 2. The Kier molecular flexibility index (Phi) is 5.63. The Morgan fingerprint density at radius 2 is 1.84 bits per heavy atom. The Labute approximate surface area is 213 Å². The number of primary amides is 1. The van der Waals surface area contributed by atoms with Gasteiger partial charge in [-0.1, -0.05) is 25.1 Å². The number of benzene rings is 1. The van der Waals surface area contributed by atoms with Gasteiger partial charge in [0, 0.05) is 17.1 Å². The van der Waals surface area contributed by atoms with Gasteiger partial charge in [0.2, 0.25) is 5.78 Å². The quantitative estimate of drug-likeness (QED) is 0.324. The van der Waals surface area contributed by atoms with Crippen LogP contribution in [-0.4, -0.2) is 79.7 Å². The standard InChI is InChI=1S/C27H30N2O8/c1-10-12-8-9-13(11-6-4-5-7-11)20(30)15(12)21(31)16-14(10)22(32)18-19(29(2)3)23(33)17(26(28)36)25(35)27(18,37)24(16)34/h6,8-10,14,18-19,22,30-32,35,37H,4-5,7H2,1-3H3,(H2,28,36)/t10-,14+,18-,19+,22-,27-/m1/s1. The SMILES string of the molecule is C[C@@H]1c2ccc(C3=CCCC3)c(O)c2C(O)=C2C(=O)[C@@]3(O)C(O)=C(C(N)=O)C(=O)[C@@H](N(C)C)[C@@H]3[C@H](O)[C@H]21. The lowest BCUT2D eigenvalue weighted by Gasteiger charge is -2.53. The number of carbonyl (C=O) groups excluding carboxylic acids is 3. The number of aliphatic hydroxyl groups is 4. The van der Waals surface area contributed by atoms with Crippen LogP contribution in [-0.2, 0) is 14.4 Å². The van der Waals surface area contributed by atoms with Crippen LogP contribution in [0.25, 0.3) is 11.3 Å². The topological polar surface area (TPSA) is 182 Å². The number of aliphatic hydroxyl groups excluding tert-OH is 3. The number of ketones is 2. The van der Waals surface area contributed by atoms with Gasteiger partial charge in [-0.15, -0.1) is 0 Å². The van der Waals surface area contributed by atoms with Crippen molar-refractivity contribution in [3.63, 3.8) is 0 Å². The maximum atomic E-state index is 14.0. The van der Waals surface area contributed by atoms with E-state index in [0.717, 1.165) is 24.8 Å². The summed E-state index contributed by atoms with van der Waals surface area (Å²) in [6.07, 6.45) is 2.93. The summed E-state index contributed by atoms with van der Waals surface area (Å²) >= 11 is 0. The van der Waals surface area contributed by atoms with E-state index in [9.17, 15) is 39.9 Å². The molecule has 0 unspecified atom stereocenters. The number of phenols is 1. The molecule has 10 nitrogen and oxygen atoms in total. The number of Topliss-reactive ketones (excluding diaryl/α,β-unsaturated/α-hetero) is 2. The Bertz CT molecular complexity index is 1360. The van der Waals surface area contributed by atoms with Gasteiger partial charge in [-0.25, -0.2) is 0 Å². The fraction of sp³-hybridized carbons (Fsp3) is 0.444. The molecular formula is C27H30N2O8. The van der Waals surface area contributed by atoms with Crippen LogP contribution in [0.5, 0.6) is 5.75 Å². The summed E-state index contributed by atoms with van der Waals surface area (Å²) in [7, 11) is 2.95. The van der Waals surface area contributed by atoms with Gasteiger partial charge in [0.05, 0.1) is 23.6 Å². The minimum atomic E-state index is -2.91. The van der Waals surface area contributed by atoms with Crippen LogP contribution in [0.4, 0.5) is 0 Å². The molecule has 6 atom stereocenters. The van der Waals surface area contributed by atoms with E-state index < -0.39 is 70.1 Å². The van der Waals surface area contributed by atoms with Crippen molar-refractivity contribution in [3.05, 3.63) is 51.8 Å². The predicted molar refractivity (Wildman–Crippen MR) is 132 cm³/mol. The largest absolute Gasteiger partial charge is 0.508 e. The molecule has 1 aromatic carbocycles. The Balaban J connectivity index is 1.78. The zero-order valence-corrected chi connectivity index (χ0v) is 20.7. The number of amides is 1. The highest BCUT2D eigenvalue weighted by atomic mass is 16.4. The van der Waals surface area contributed by atoms with Gasteiger partial charge < -0.3 is 31.3 Å². The molecule has 0 saturated heterocycles. The zero-order valence-electron chi connectivity index (χ0n) is 20.7. The van der Waals surface area contributed by atoms with Gasteiger partial charge in [-0.3, -0.25) is 19.3 Å². The highest BCUT2D eigenvalue weighted by molar-refractivity contribution is 6.24. The van der Waals surface area contributed by atoms with Crippen LogP contribution in [0, 0.1) is 11.8 Å². The number of likely N-dealkylation sites (N-methyl/N-ethyl adjacent to an activating group) is 1. The van der Waals surface area contributed by atoms with Crippen molar-refractivity contribution < 1.29 is 39.9 Å². The molecule has 0 heterocycles. The number of nitrogens with two attached hydrogens (primary N) is 1.